The predicted molar refractivity (Wildman–Crippen MR) is 239 cm³/mol. The molecule has 1 aromatic carbocycles. The maximum absolute atomic E-state index is 12.9. The average Bonchev–Trinajstić information content (AvgIpc) is 3.69. The summed E-state index contributed by atoms with van der Waals surface area (Å²) < 4.78 is 18.3. The lowest BCUT2D eigenvalue weighted by molar-refractivity contribution is -0.109. The number of unbranched alkanes of at least 4 members (excludes halogenated alkanes) is 1. The second-order valence-electron chi connectivity index (χ2n) is 18.5. The molecule has 2 aliphatic rings. The highest BCUT2D eigenvalue weighted by molar-refractivity contribution is 6.93. The molecule has 0 bridgehead atoms. The van der Waals surface area contributed by atoms with Gasteiger partial charge >= 0.3 is 0 Å². The van der Waals surface area contributed by atoms with Gasteiger partial charge in [-0.15, -0.1) is 0 Å². The summed E-state index contributed by atoms with van der Waals surface area (Å²) in [6, 6.07) is 0. The number of hydrogen-bond donors (Lipinski definition) is 0. The third-order valence-electron chi connectivity index (χ3n) is 11.4. The van der Waals surface area contributed by atoms with Crippen LogP contribution in [0.4, 0.5) is 0 Å². The van der Waals surface area contributed by atoms with Gasteiger partial charge in [0.25, 0.3) is 0 Å². The van der Waals surface area contributed by atoms with E-state index in [1.165, 1.54) is 17.3 Å². The van der Waals surface area contributed by atoms with Crippen molar-refractivity contribution in [3.05, 3.63) is 40.5 Å². The summed E-state index contributed by atoms with van der Waals surface area (Å²) in [6.45, 7) is 37.2. The van der Waals surface area contributed by atoms with Crippen molar-refractivity contribution < 1.29 is 23.2 Å². The van der Waals surface area contributed by atoms with Crippen LogP contribution >= 0.6 is 0 Å². The first-order valence-electron chi connectivity index (χ1n) is 19.3. The highest BCUT2D eigenvalue weighted by Crippen LogP contribution is 2.43. The molecule has 0 unspecified atom stereocenters. The Morgan fingerprint density at radius 3 is 1.95 bits per heavy atom. The van der Waals surface area contributed by atoms with E-state index in [4.69, 9.17) is 13.6 Å². The van der Waals surface area contributed by atoms with E-state index < -0.39 is 24.7 Å². The summed E-state index contributed by atoms with van der Waals surface area (Å²) in [7, 11) is -5.56. The molecule has 1 heterocycles. The summed E-state index contributed by atoms with van der Waals surface area (Å²) in [4.78, 5) is 24.4. The second-order valence-corrected chi connectivity index (χ2v) is 33.4. The van der Waals surface area contributed by atoms with Crippen LogP contribution in [0.1, 0.15) is 109 Å². The lowest BCUT2D eigenvalue weighted by Gasteiger charge is -2.39. The van der Waals surface area contributed by atoms with E-state index >= 15 is 0 Å². The van der Waals surface area contributed by atoms with Gasteiger partial charge in [-0.05, 0) is 100 Å². The van der Waals surface area contributed by atoms with Crippen LogP contribution in [0, 0.1) is 59.2 Å². The van der Waals surface area contributed by atoms with Crippen molar-refractivity contribution in [3.8, 4) is 65.0 Å². The molecule has 1 aliphatic heterocycles. The molecule has 3 rings (SSSR count). The number of fused-ring (bicyclic) bond motifs is 2. The molecule has 0 fully saturated rings. The van der Waals surface area contributed by atoms with Crippen molar-refractivity contribution in [2.75, 3.05) is 19.8 Å². The highest BCUT2D eigenvalue weighted by Gasteiger charge is 2.44. The Bertz CT molecular complexity index is 1980. The number of hydrogen-bond acceptors (Lipinski definition) is 5. The van der Waals surface area contributed by atoms with Crippen molar-refractivity contribution in [3.63, 3.8) is 0 Å². The minimum absolute atomic E-state index is 0.0688. The first kappa shape index (κ1) is 47.4. The molecule has 0 amide bonds. The molecule has 8 heteroatoms. The number of benzene rings is 1. The summed E-state index contributed by atoms with van der Waals surface area (Å²) >= 11 is 0. The minimum atomic E-state index is -1.93. The van der Waals surface area contributed by atoms with E-state index in [-0.39, 0.29) is 26.7 Å². The van der Waals surface area contributed by atoms with Crippen molar-refractivity contribution in [1.82, 2.24) is 0 Å². The third-order valence-corrected chi connectivity index (χ3v) is 25.9. The van der Waals surface area contributed by atoms with Crippen LogP contribution in [-0.2, 0) is 20.1 Å². The largest absolute Gasteiger partial charge is 0.493 e. The molecule has 0 aromatic heterocycles. The fourth-order valence-corrected chi connectivity index (χ4v) is 9.04. The molecule has 1 aromatic rings. The van der Waals surface area contributed by atoms with E-state index in [2.05, 4.69) is 168 Å². The smallest absolute Gasteiger partial charge is 0.230 e. The van der Waals surface area contributed by atoms with Crippen molar-refractivity contribution in [2.24, 2.45) is 0 Å². The fraction of sp³-hybridized carbons (Fsp3) is 0.532. The monoisotopic (exact) mass is 792 g/mol. The van der Waals surface area contributed by atoms with Crippen LogP contribution in [0.5, 0.6) is 5.75 Å². The Balaban J connectivity index is 0.000000395. The van der Waals surface area contributed by atoms with Gasteiger partial charge in [0.1, 0.15) is 5.75 Å². The van der Waals surface area contributed by atoms with Gasteiger partial charge in [0.05, 0.1) is 27.9 Å². The van der Waals surface area contributed by atoms with Crippen LogP contribution in [0.25, 0.3) is 6.08 Å². The van der Waals surface area contributed by atoms with Crippen molar-refractivity contribution in [1.29, 1.82) is 0 Å². The zero-order valence-electron chi connectivity index (χ0n) is 36.6. The van der Waals surface area contributed by atoms with Crippen LogP contribution in [0.15, 0.2) is 18.2 Å². The Labute approximate surface area is 337 Å². The second kappa shape index (κ2) is 19.4. The molecule has 55 heavy (non-hydrogen) atoms. The molecule has 0 atom stereocenters. The minimum Gasteiger partial charge on any atom is -0.493 e. The zero-order valence-corrected chi connectivity index (χ0v) is 39.6. The van der Waals surface area contributed by atoms with Crippen molar-refractivity contribution in [2.45, 2.75) is 143 Å². The SMILES string of the molecule is CC(C)(C)[Si](C)(C)OCC#Cc1c2c(c([Si](C)(C)C(C)(C)C)c3c1C(=O)C=C3)OCC2.CCCC#CC#C/C=C\C(=O)C#CC#CCO[Si](C)(C)C(C)(C)C. The van der Waals surface area contributed by atoms with Gasteiger partial charge in [-0.3, -0.25) is 9.59 Å². The van der Waals surface area contributed by atoms with Crippen LogP contribution < -0.4 is 9.92 Å². The van der Waals surface area contributed by atoms with E-state index in [1.54, 1.807) is 6.08 Å². The fourth-order valence-electron chi connectivity index (χ4n) is 4.88. The number of rotatable bonds is 7. The summed E-state index contributed by atoms with van der Waals surface area (Å²) in [5.41, 5.74) is 3.81. The van der Waals surface area contributed by atoms with E-state index in [0.717, 1.165) is 47.3 Å². The van der Waals surface area contributed by atoms with E-state index in [0.29, 0.717) is 19.8 Å². The molecular formula is C47H64O5Si3. The van der Waals surface area contributed by atoms with Gasteiger partial charge in [0, 0.05) is 35.6 Å². The highest BCUT2D eigenvalue weighted by atomic mass is 28.4. The van der Waals surface area contributed by atoms with Crippen LogP contribution in [0.2, 0.25) is 54.4 Å². The topological polar surface area (TPSA) is 61.8 Å². The van der Waals surface area contributed by atoms with E-state index in [1.807, 2.05) is 6.08 Å². The van der Waals surface area contributed by atoms with Crippen molar-refractivity contribution >= 4 is 47.5 Å². The normalized spacial score (nSPS) is 13.5. The molecule has 0 saturated carbocycles. The molecule has 0 spiro atoms. The van der Waals surface area contributed by atoms with E-state index in [9.17, 15) is 9.59 Å². The molecule has 0 radical (unpaired) electrons. The summed E-state index contributed by atoms with van der Waals surface area (Å²) in [6.07, 6.45) is 9.12. The molecule has 1 aliphatic carbocycles. The Morgan fingerprint density at radius 2 is 1.38 bits per heavy atom. The Morgan fingerprint density at radius 1 is 0.800 bits per heavy atom. The summed E-state index contributed by atoms with van der Waals surface area (Å²) in [5.74, 6) is 28.7. The Hall–Kier alpha value is -3.79. The van der Waals surface area contributed by atoms with Crippen LogP contribution in [0.3, 0.4) is 0 Å². The quantitative estimate of drug-likeness (QED) is 0.119. The van der Waals surface area contributed by atoms with Crippen LogP contribution in [-0.4, -0.2) is 56.1 Å². The third kappa shape index (κ3) is 12.9. The predicted octanol–water partition coefficient (Wildman–Crippen LogP) is 9.87. The van der Waals surface area contributed by atoms with Gasteiger partial charge in [-0.1, -0.05) is 118 Å². The lowest BCUT2D eigenvalue weighted by Crippen LogP contribution is -2.51. The number of ether oxygens (including phenoxy) is 1. The zero-order chi connectivity index (χ0) is 41.9. The first-order chi connectivity index (χ1) is 25.3. The molecule has 5 nitrogen and oxygen atoms in total. The maximum Gasteiger partial charge on any atom is 0.230 e. The van der Waals surface area contributed by atoms with Gasteiger partial charge in [-0.2, -0.15) is 0 Å². The summed E-state index contributed by atoms with van der Waals surface area (Å²) in [5, 5.41) is 1.73. The number of carbonyl (C=O) groups excluding carboxylic acids is 2. The van der Waals surface area contributed by atoms with Gasteiger partial charge in [0.15, 0.2) is 22.4 Å². The molecule has 294 valence electrons. The molecular weight excluding hydrogens is 729 g/mol. The molecule has 0 N–H and O–H groups in total. The maximum atomic E-state index is 12.9. The number of ketones is 2. The Kier molecular flexibility index (Phi) is 16.7. The molecule has 0 saturated heterocycles. The van der Waals surface area contributed by atoms with Gasteiger partial charge in [0.2, 0.25) is 5.78 Å². The van der Waals surface area contributed by atoms with Gasteiger partial charge < -0.3 is 13.6 Å². The first-order valence-corrected chi connectivity index (χ1v) is 28.1. The lowest BCUT2D eigenvalue weighted by atomic mass is 9.95. The number of allylic oxidation sites excluding steroid dienone is 3. The standard InChI is InChI=1S/C26H38O3Si2.C21H26O2Si/c1-25(2,3)30(7,8)24-20-13-14-21(27)22(20)18(19-15-17-28-23(19)24)12-11-16-29-31(9,10)26(4,5)6;1-7-8-9-10-11-12-14-17-20(22)18-15-13-16-19-23-24(5,6)21(2,3)4/h13-14H,15-17H2,1-10H3;14,17H,7-8,19H2,1-6H3/b;17-14-. The number of carbonyl (C=O) groups is 2. The van der Waals surface area contributed by atoms with Gasteiger partial charge in [-0.25, -0.2) is 0 Å². The average molecular weight is 793 g/mol.